The number of hydrogen-bond donors (Lipinski definition) is 1. The molecule has 2 heterocycles. The van der Waals surface area contributed by atoms with Gasteiger partial charge in [0.2, 0.25) is 5.91 Å². The van der Waals surface area contributed by atoms with Gasteiger partial charge in [-0.3, -0.25) is 4.79 Å². The molecule has 1 saturated heterocycles. The molecule has 1 fully saturated rings. The number of pyridine rings is 1. The van der Waals surface area contributed by atoms with Crippen LogP contribution >= 0.6 is 0 Å². The van der Waals surface area contributed by atoms with Gasteiger partial charge in [0.1, 0.15) is 11.9 Å². The number of hydrogen-bond acceptors (Lipinski definition) is 4. The zero-order valence-corrected chi connectivity index (χ0v) is 11.3. The van der Waals surface area contributed by atoms with E-state index in [0.29, 0.717) is 5.56 Å². The number of carbonyl (C=O) groups is 1. The zero-order valence-electron chi connectivity index (χ0n) is 11.3. The Labute approximate surface area is 113 Å². The molecule has 0 saturated carbocycles. The molecule has 1 amide bonds. The van der Waals surface area contributed by atoms with Crippen LogP contribution in [-0.2, 0) is 4.79 Å². The molecular formula is C14H18N4O. The molecule has 0 bridgehead atoms. The summed E-state index contributed by atoms with van der Waals surface area (Å²) in [5.74, 6) is 0.742. The lowest BCUT2D eigenvalue weighted by Crippen LogP contribution is -2.49. The fraction of sp³-hybridized carbons (Fsp3) is 0.500. The number of piperidine rings is 1. The van der Waals surface area contributed by atoms with Gasteiger partial charge in [-0.05, 0) is 38.3 Å². The van der Waals surface area contributed by atoms with Crippen molar-refractivity contribution in [2.45, 2.75) is 32.2 Å². The first-order valence-electron chi connectivity index (χ1n) is 6.52. The summed E-state index contributed by atoms with van der Waals surface area (Å²) in [4.78, 5) is 18.4. The topological polar surface area (TPSA) is 69.0 Å². The van der Waals surface area contributed by atoms with E-state index >= 15 is 0 Å². The van der Waals surface area contributed by atoms with Gasteiger partial charge in [0.15, 0.2) is 0 Å². The van der Waals surface area contributed by atoms with Gasteiger partial charge in [0, 0.05) is 19.3 Å². The highest BCUT2D eigenvalue weighted by Crippen LogP contribution is 2.24. The van der Waals surface area contributed by atoms with Gasteiger partial charge in [-0.1, -0.05) is 0 Å². The first-order valence-corrected chi connectivity index (χ1v) is 6.52. The molecule has 1 aromatic rings. The van der Waals surface area contributed by atoms with Gasteiger partial charge in [-0.15, -0.1) is 0 Å². The lowest BCUT2D eigenvalue weighted by Gasteiger charge is -2.35. The summed E-state index contributed by atoms with van der Waals surface area (Å²) in [6.07, 6.45) is 2.92. The Morgan fingerprint density at radius 3 is 3.00 bits per heavy atom. The maximum Gasteiger partial charge on any atom is 0.242 e. The molecule has 1 aromatic heterocycles. The third-order valence-electron chi connectivity index (χ3n) is 3.42. The smallest absolute Gasteiger partial charge is 0.242 e. The summed E-state index contributed by atoms with van der Waals surface area (Å²) in [5.41, 5.74) is 1.39. The van der Waals surface area contributed by atoms with E-state index in [1.807, 2.05) is 11.8 Å². The Kier molecular flexibility index (Phi) is 4.00. The predicted octanol–water partition coefficient (Wildman–Crippen LogP) is 1.37. The monoisotopic (exact) mass is 258 g/mol. The second-order valence-electron chi connectivity index (χ2n) is 4.79. The molecule has 5 heteroatoms. The lowest BCUT2D eigenvalue weighted by molar-refractivity contribution is -0.122. The molecule has 0 radical (unpaired) electrons. The summed E-state index contributed by atoms with van der Waals surface area (Å²) < 4.78 is 0. The van der Waals surface area contributed by atoms with Crippen molar-refractivity contribution in [2.75, 3.05) is 18.5 Å². The summed E-state index contributed by atoms with van der Waals surface area (Å²) >= 11 is 0. The Morgan fingerprint density at radius 1 is 1.53 bits per heavy atom. The molecule has 1 N–H and O–H groups in total. The van der Waals surface area contributed by atoms with Crippen LogP contribution in [0.3, 0.4) is 0 Å². The summed E-state index contributed by atoms with van der Waals surface area (Å²) in [7, 11) is 1.65. The number of rotatable bonds is 2. The molecule has 0 spiro atoms. The Bertz CT molecular complexity index is 521. The van der Waals surface area contributed by atoms with Crippen molar-refractivity contribution < 1.29 is 4.79 Å². The molecule has 19 heavy (non-hydrogen) atoms. The maximum absolute atomic E-state index is 11.9. The molecule has 100 valence electrons. The van der Waals surface area contributed by atoms with Gasteiger partial charge in [0.25, 0.3) is 0 Å². The molecule has 1 aliphatic heterocycles. The molecule has 1 atom stereocenters. The second-order valence-corrected chi connectivity index (χ2v) is 4.79. The van der Waals surface area contributed by atoms with Gasteiger partial charge in [-0.25, -0.2) is 4.98 Å². The fourth-order valence-corrected chi connectivity index (χ4v) is 2.51. The molecule has 0 aliphatic carbocycles. The van der Waals surface area contributed by atoms with Crippen molar-refractivity contribution >= 4 is 11.7 Å². The van der Waals surface area contributed by atoms with Gasteiger partial charge in [-0.2, -0.15) is 5.26 Å². The first kappa shape index (κ1) is 13.3. The van der Waals surface area contributed by atoms with Crippen molar-refractivity contribution in [1.82, 2.24) is 10.3 Å². The Hall–Kier alpha value is -2.09. The summed E-state index contributed by atoms with van der Waals surface area (Å²) in [6.45, 7) is 2.67. The first-order chi connectivity index (χ1) is 9.15. The van der Waals surface area contributed by atoms with Gasteiger partial charge < -0.3 is 10.2 Å². The van der Waals surface area contributed by atoms with Crippen LogP contribution in [0.25, 0.3) is 0 Å². The Morgan fingerprint density at radius 2 is 2.32 bits per heavy atom. The van der Waals surface area contributed by atoms with Gasteiger partial charge in [0.05, 0.1) is 11.6 Å². The average molecular weight is 258 g/mol. The van der Waals surface area contributed by atoms with E-state index in [1.54, 1.807) is 19.2 Å². The molecule has 5 nitrogen and oxygen atoms in total. The van der Waals surface area contributed by atoms with Crippen molar-refractivity contribution in [1.29, 1.82) is 5.26 Å². The van der Waals surface area contributed by atoms with Crippen LogP contribution in [0.4, 0.5) is 5.82 Å². The van der Waals surface area contributed by atoms with E-state index in [4.69, 9.17) is 5.26 Å². The highest BCUT2D eigenvalue weighted by atomic mass is 16.2. The number of amides is 1. The van der Waals surface area contributed by atoms with Crippen molar-refractivity contribution in [3.63, 3.8) is 0 Å². The summed E-state index contributed by atoms with van der Waals surface area (Å²) in [5, 5.41) is 11.7. The van der Waals surface area contributed by atoms with Crippen LogP contribution in [0.15, 0.2) is 12.1 Å². The van der Waals surface area contributed by atoms with Crippen LogP contribution in [0.2, 0.25) is 0 Å². The van der Waals surface area contributed by atoms with E-state index in [0.717, 1.165) is 37.3 Å². The minimum Gasteiger partial charge on any atom is -0.357 e. The largest absolute Gasteiger partial charge is 0.357 e. The highest BCUT2D eigenvalue weighted by Gasteiger charge is 2.29. The molecular weight excluding hydrogens is 240 g/mol. The number of nitriles is 1. The molecule has 1 aliphatic rings. The quantitative estimate of drug-likeness (QED) is 0.869. The minimum absolute atomic E-state index is 0.0153. The van der Waals surface area contributed by atoms with Gasteiger partial charge >= 0.3 is 0 Å². The predicted molar refractivity (Wildman–Crippen MR) is 72.7 cm³/mol. The SMILES string of the molecule is CNC(=O)C1CCCCN1c1cc(C#N)cc(C)n1. The van der Waals surface area contributed by atoms with E-state index in [9.17, 15) is 4.79 Å². The third-order valence-corrected chi connectivity index (χ3v) is 3.42. The van der Waals surface area contributed by atoms with Crippen LogP contribution in [0, 0.1) is 18.3 Å². The van der Waals surface area contributed by atoms with Crippen molar-refractivity contribution in [2.24, 2.45) is 0 Å². The van der Waals surface area contributed by atoms with Crippen LogP contribution in [0.5, 0.6) is 0 Å². The van der Waals surface area contributed by atoms with Crippen LogP contribution in [0.1, 0.15) is 30.5 Å². The zero-order chi connectivity index (χ0) is 13.8. The number of anilines is 1. The molecule has 2 rings (SSSR count). The number of nitrogens with one attached hydrogen (secondary N) is 1. The van der Waals surface area contributed by atoms with E-state index < -0.39 is 0 Å². The molecule has 1 unspecified atom stereocenters. The van der Waals surface area contributed by atoms with Crippen molar-refractivity contribution in [3.05, 3.63) is 23.4 Å². The number of aromatic nitrogens is 1. The standard InChI is InChI=1S/C14H18N4O/c1-10-7-11(9-15)8-13(17-10)18-6-4-3-5-12(18)14(19)16-2/h7-8,12H,3-6H2,1-2H3,(H,16,19). The minimum atomic E-state index is -0.181. The lowest BCUT2D eigenvalue weighted by atomic mass is 10.0. The second kappa shape index (κ2) is 5.70. The van der Waals surface area contributed by atoms with Crippen LogP contribution in [-0.4, -0.2) is 30.5 Å². The number of aryl methyl sites for hydroxylation is 1. The van der Waals surface area contributed by atoms with E-state index in [1.165, 1.54) is 0 Å². The summed E-state index contributed by atoms with van der Waals surface area (Å²) in [6, 6.07) is 5.47. The number of likely N-dealkylation sites (N-methyl/N-ethyl adjacent to an activating group) is 1. The third kappa shape index (κ3) is 2.84. The normalized spacial score (nSPS) is 18.8. The number of nitrogens with zero attached hydrogens (tertiary/aromatic N) is 3. The average Bonchev–Trinajstić information content (AvgIpc) is 2.45. The molecule has 0 aromatic carbocycles. The Balaban J connectivity index is 2.35. The fourth-order valence-electron chi connectivity index (χ4n) is 2.51. The number of carbonyl (C=O) groups excluding carboxylic acids is 1. The maximum atomic E-state index is 11.9. The van der Waals surface area contributed by atoms with E-state index in [2.05, 4.69) is 16.4 Å². The van der Waals surface area contributed by atoms with E-state index in [-0.39, 0.29) is 11.9 Å². The van der Waals surface area contributed by atoms with Crippen LogP contribution < -0.4 is 10.2 Å². The van der Waals surface area contributed by atoms with Crippen molar-refractivity contribution in [3.8, 4) is 6.07 Å². The highest BCUT2D eigenvalue weighted by molar-refractivity contribution is 5.85.